The predicted molar refractivity (Wildman–Crippen MR) is 69.4 cm³/mol. The molecule has 19 heavy (non-hydrogen) atoms. The molecule has 0 spiro atoms. The van der Waals surface area contributed by atoms with Crippen LogP contribution in [0.25, 0.3) is 0 Å². The fourth-order valence-electron chi connectivity index (χ4n) is 1.25. The summed E-state index contributed by atoms with van der Waals surface area (Å²) in [5, 5.41) is 8.54. The largest absolute Gasteiger partial charge is 0.384 e. The predicted octanol–water partition coefficient (Wildman–Crippen LogP) is -0.816. The van der Waals surface area contributed by atoms with E-state index in [2.05, 4.69) is 16.6 Å². The monoisotopic (exact) mass is 282 g/mol. The molecule has 0 bridgehead atoms. The van der Waals surface area contributed by atoms with E-state index in [0.29, 0.717) is 5.56 Å². The molecular formula is C12H14N2O4S. The maximum atomic E-state index is 11.8. The molecule has 6 nitrogen and oxygen atoms in total. The summed E-state index contributed by atoms with van der Waals surface area (Å²) in [4.78, 5) is 10.6. The smallest absolute Gasteiger partial charge is 0.240 e. The Kier molecular flexibility index (Phi) is 5.51. The van der Waals surface area contributed by atoms with E-state index in [4.69, 9.17) is 10.8 Å². The average molecular weight is 282 g/mol. The van der Waals surface area contributed by atoms with Crippen LogP contribution in [0.2, 0.25) is 0 Å². The van der Waals surface area contributed by atoms with Gasteiger partial charge in [0.05, 0.1) is 4.90 Å². The molecule has 0 aromatic heterocycles. The summed E-state index contributed by atoms with van der Waals surface area (Å²) in [6, 6.07) is 5.86. The first kappa shape index (κ1) is 15.2. The van der Waals surface area contributed by atoms with Crippen LogP contribution in [0.15, 0.2) is 29.2 Å². The fraction of sp³-hybridized carbons (Fsp3) is 0.250. The molecule has 0 saturated heterocycles. The molecule has 0 heterocycles. The molecule has 0 saturated carbocycles. The van der Waals surface area contributed by atoms with Crippen molar-refractivity contribution in [3.05, 3.63) is 29.8 Å². The van der Waals surface area contributed by atoms with Gasteiger partial charge in [-0.1, -0.05) is 11.8 Å². The van der Waals surface area contributed by atoms with Crippen molar-refractivity contribution in [2.45, 2.75) is 11.3 Å². The number of benzene rings is 1. The molecule has 0 radical (unpaired) electrons. The van der Waals surface area contributed by atoms with Crippen molar-refractivity contribution < 1.29 is 18.3 Å². The zero-order valence-corrected chi connectivity index (χ0v) is 10.9. The third-order valence-corrected chi connectivity index (χ3v) is 3.62. The molecule has 0 fully saturated rings. The molecule has 1 rings (SSSR count). The Bertz CT molecular complexity index is 597. The van der Waals surface area contributed by atoms with Gasteiger partial charge in [-0.15, -0.1) is 0 Å². The molecule has 0 atom stereocenters. The van der Waals surface area contributed by atoms with Gasteiger partial charge in [-0.3, -0.25) is 4.79 Å². The highest BCUT2D eigenvalue weighted by Crippen LogP contribution is 2.09. The van der Waals surface area contributed by atoms with Gasteiger partial charge < -0.3 is 10.8 Å². The number of rotatable bonds is 5. The average Bonchev–Trinajstić information content (AvgIpc) is 2.36. The van der Waals surface area contributed by atoms with E-state index in [9.17, 15) is 13.2 Å². The molecule has 0 unspecified atom stereocenters. The van der Waals surface area contributed by atoms with Crippen molar-refractivity contribution in [2.24, 2.45) is 5.73 Å². The van der Waals surface area contributed by atoms with E-state index < -0.39 is 15.9 Å². The highest BCUT2D eigenvalue weighted by atomic mass is 32.2. The van der Waals surface area contributed by atoms with Crippen LogP contribution in [0.4, 0.5) is 0 Å². The Morgan fingerprint density at radius 3 is 2.47 bits per heavy atom. The van der Waals surface area contributed by atoms with Gasteiger partial charge in [0.15, 0.2) is 0 Å². The van der Waals surface area contributed by atoms with E-state index in [1.54, 1.807) is 0 Å². The van der Waals surface area contributed by atoms with E-state index >= 15 is 0 Å². The van der Waals surface area contributed by atoms with Crippen LogP contribution in [-0.4, -0.2) is 32.6 Å². The standard InChI is InChI=1S/C12H14N2O4S/c13-12(16)7-8-14-19(17,18)11-5-3-10(4-6-11)2-1-9-15/h3-6,14-15H,7-9H2,(H2,13,16). The first-order valence-corrected chi connectivity index (χ1v) is 6.92. The van der Waals surface area contributed by atoms with Gasteiger partial charge >= 0.3 is 0 Å². The van der Waals surface area contributed by atoms with Crippen LogP contribution in [0, 0.1) is 11.8 Å². The number of carbonyl (C=O) groups is 1. The molecule has 1 aromatic carbocycles. The number of carbonyl (C=O) groups excluding carboxylic acids is 1. The Labute approximate surface area is 111 Å². The molecule has 1 aromatic rings. The fourth-order valence-corrected chi connectivity index (χ4v) is 2.28. The number of aliphatic hydroxyl groups excluding tert-OH is 1. The molecular weight excluding hydrogens is 268 g/mol. The number of hydrogen-bond acceptors (Lipinski definition) is 4. The lowest BCUT2D eigenvalue weighted by atomic mass is 10.2. The van der Waals surface area contributed by atoms with Crippen molar-refractivity contribution in [1.82, 2.24) is 4.72 Å². The van der Waals surface area contributed by atoms with Gasteiger partial charge in [0.25, 0.3) is 0 Å². The van der Waals surface area contributed by atoms with Crippen LogP contribution < -0.4 is 10.5 Å². The zero-order valence-electron chi connectivity index (χ0n) is 10.1. The summed E-state index contributed by atoms with van der Waals surface area (Å²) >= 11 is 0. The third-order valence-electron chi connectivity index (χ3n) is 2.14. The molecule has 4 N–H and O–H groups in total. The second-order valence-corrected chi connectivity index (χ2v) is 5.37. The second-order valence-electron chi connectivity index (χ2n) is 3.60. The Hall–Kier alpha value is -1.88. The molecule has 1 amide bonds. The van der Waals surface area contributed by atoms with Gasteiger partial charge in [0.1, 0.15) is 6.61 Å². The lowest BCUT2D eigenvalue weighted by Gasteiger charge is -2.05. The van der Waals surface area contributed by atoms with Crippen LogP contribution in [0.3, 0.4) is 0 Å². The maximum Gasteiger partial charge on any atom is 0.240 e. The van der Waals surface area contributed by atoms with Crippen molar-refractivity contribution in [3.63, 3.8) is 0 Å². The van der Waals surface area contributed by atoms with Crippen molar-refractivity contribution >= 4 is 15.9 Å². The van der Waals surface area contributed by atoms with Crippen molar-refractivity contribution in [2.75, 3.05) is 13.2 Å². The minimum Gasteiger partial charge on any atom is -0.384 e. The number of primary amides is 1. The summed E-state index contributed by atoms with van der Waals surface area (Å²) in [6.45, 7) is -0.293. The topological polar surface area (TPSA) is 109 Å². The molecule has 0 aliphatic rings. The molecule has 0 aliphatic carbocycles. The first-order chi connectivity index (χ1) is 8.95. The minimum absolute atomic E-state index is 0.0380. The van der Waals surface area contributed by atoms with Gasteiger partial charge in [-0.2, -0.15) is 0 Å². The highest BCUT2D eigenvalue weighted by Gasteiger charge is 2.13. The van der Waals surface area contributed by atoms with Crippen molar-refractivity contribution in [3.8, 4) is 11.8 Å². The van der Waals surface area contributed by atoms with E-state index in [1.165, 1.54) is 24.3 Å². The van der Waals surface area contributed by atoms with E-state index in [-0.39, 0.29) is 24.5 Å². The summed E-state index contributed by atoms with van der Waals surface area (Å²) in [7, 11) is -3.65. The first-order valence-electron chi connectivity index (χ1n) is 5.43. The van der Waals surface area contributed by atoms with Crippen molar-refractivity contribution in [1.29, 1.82) is 0 Å². The van der Waals surface area contributed by atoms with Gasteiger partial charge in [-0.05, 0) is 24.3 Å². The van der Waals surface area contributed by atoms with Crippen LogP contribution in [0.5, 0.6) is 0 Å². The number of amides is 1. The van der Waals surface area contributed by atoms with Crippen LogP contribution in [0.1, 0.15) is 12.0 Å². The lowest BCUT2D eigenvalue weighted by Crippen LogP contribution is -2.28. The summed E-state index contributed by atoms with van der Waals surface area (Å²) in [5.41, 5.74) is 5.52. The molecule has 7 heteroatoms. The summed E-state index contributed by atoms with van der Waals surface area (Å²) in [5.74, 6) is 4.54. The Morgan fingerprint density at radius 2 is 1.95 bits per heavy atom. The number of sulfonamides is 1. The van der Waals surface area contributed by atoms with Crippen LogP contribution in [-0.2, 0) is 14.8 Å². The third kappa shape index (κ3) is 5.09. The highest BCUT2D eigenvalue weighted by molar-refractivity contribution is 7.89. The molecule has 102 valence electrons. The number of nitrogens with two attached hydrogens (primary N) is 1. The maximum absolute atomic E-state index is 11.8. The Balaban J connectivity index is 2.76. The minimum atomic E-state index is -3.65. The quantitative estimate of drug-likeness (QED) is 0.613. The second kappa shape index (κ2) is 6.89. The lowest BCUT2D eigenvalue weighted by molar-refractivity contribution is -0.117. The number of hydrogen-bond donors (Lipinski definition) is 3. The van der Waals surface area contributed by atoms with E-state index in [0.717, 1.165) is 0 Å². The van der Waals surface area contributed by atoms with E-state index in [1.807, 2.05) is 0 Å². The Morgan fingerprint density at radius 1 is 1.32 bits per heavy atom. The summed E-state index contributed by atoms with van der Waals surface area (Å²) < 4.78 is 25.9. The van der Waals surface area contributed by atoms with Crippen LogP contribution >= 0.6 is 0 Å². The number of aliphatic hydroxyl groups is 1. The summed E-state index contributed by atoms with van der Waals surface area (Å²) in [6.07, 6.45) is -0.0563. The zero-order chi connectivity index (χ0) is 14.3. The number of nitrogens with one attached hydrogen (secondary N) is 1. The SMILES string of the molecule is NC(=O)CCNS(=O)(=O)c1ccc(C#CCO)cc1. The van der Waals surface area contributed by atoms with Gasteiger partial charge in [0, 0.05) is 18.5 Å². The van der Waals surface area contributed by atoms with Gasteiger partial charge in [0.2, 0.25) is 15.9 Å². The normalized spacial score (nSPS) is 10.6. The molecule has 0 aliphatic heterocycles. The van der Waals surface area contributed by atoms with Gasteiger partial charge in [-0.25, -0.2) is 13.1 Å².